The lowest BCUT2D eigenvalue weighted by atomic mass is 9.95. The number of carbonyl (C=O) groups excluding carboxylic acids is 1. The fraction of sp³-hybridized carbons (Fsp3) is 0.312. The second-order valence-electron chi connectivity index (χ2n) is 6.08. The minimum Gasteiger partial charge on any atom is -0.339 e. The molecule has 2 aromatic rings. The summed E-state index contributed by atoms with van der Waals surface area (Å²) in [4.78, 5) is 20.1. The number of hydrogen-bond donors (Lipinski definition) is 2. The number of anilines is 3. The Bertz CT molecular complexity index is 695. The van der Waals surface area contributed by atoms with Crippen molar-refractivity contribution in [3.63, 3.8) is 0 Å². The molecule has 0 saturated carbocycles. The van der Waals surface area contributed by atoms with Crippen LogP contribution in [0.15, 0.2) is 30.7 Å². The van der Waals surface area contributed by atoms with E-state index in [2.05, 4.69) is 20.6 Å². The topological polar surface area (TPSA) is 66.9 Å². The summed E-state index contributed by atoms with van der Waals surface area (Å²) in [5, 5.41) is 6.50. The summed E-state index contributed by atoms with van der Waals surface area (Å²) in [6, 6.07) is 5.69. The predicted molar refractivity (Wildman–Crippen MR) is 89.6 cm³/mol. The maximum atomic E-state index is 12.1. The van der Waals surface area contributed by atoms with Gasteiger partial charge in [-0.1, -0.05) is 38.4 Å². The van der Waals surface area contributed by atoms with E-state index in [9.17, 15) is 4.79 Å². The number of nitrogens with zero attached hydrogens (tertiary/aromatic N) is 2. The quantitative estimate of drug-likeness (QED) is 0.891. The van der Waals surface area contributed by atoms with Crippen molar-refractivity contribution in [2.75, 3.05) is 10.6 Å². The maximum absolute atomic E-state index is 12.1. The zero-order chi connectivity index (χ0) is 16.3. The molecular formula is C16H19ClN4O. The Labute approximate surface area is 135 Å². The highest BCUT2D eigenvalue weighted by atomic mass is 35.5. The Kier molecular flexibility index (Phi) is 4.66. The number of benzene rings is 1. The molecule has 1 heterocycles. The molecule has 1 aromatic heterocycles. The van der Waals surface area contributed by atoms with Crippen molar-refractivity contribution in [2.45, 2.75) is 27.7 Å². The zero-order valence-corrected chi connectivity index (χ0v) is 13.8. The summed E-state index contributed by atoms with van der Waals surface area (Å²) in [5.41, 5.74) is 2.08. The minimum absolute atomic E-state index is 0.0344. The van der Waals surface area contributed by atoms with Gasteiger partial charge in [0.05, 0.1) is 6.20 Å². The Morgan fingerprint density at radius 2 is 2.00 bits per heavy atom. The lowest BCUT2D eigenvalue weighted by molar-refractivity contribution is -0.123. The third kappa shape index (κ3) is 3.95. The molecule has 2 rings (SSSR count). The first-order chi connectivity index (χ1) is 10.3. The molecule has 0 fully saturated rings. The second-order valence-corrected chi connectivity index (χ2v) is 6.49. The largest absolute Gasteiger partial charge is 0.339 e. The summed E-state index contributed by atoms with van der Waals surface area (Å²) in [5.74, 6) is 0.487. The van der Waals surface area contributed by atoms with Crippen LogP contribution < -0.4 is 10.6 Å². The van der Waals surface area contributed by atoms with Gasteiger partial charge in [0.1, 0.15) is 11.3 Å². The van der Waals surface area contributed by atoms with Gasteiger partial charge in [0, 0.05) is 16.8 Å². The van der Waals surface area contributed by atoms with E-state index in [1.807, 2.05) is 45.9 Å². The van der Waals surface area contributed by atoms with Crippen LogP contribution in [0.4, 0.5) is 17.2 Å². The molecule has 0 aliphatic carbocycles. The van der Waals surface area contributed by atoms with Crippen molar-refractivity contribution in [1.82, 2.24) is 9.97 Å². The summed E-state index contributed by atoms with van der Waals surface area (Å²) in [7, 11) is 0. The molecule has 0 bridgehead atoms. The summed E-state index contributed by atoms with van der Waals surface area (Å²) < 4.78 is 0. The fourth-order valence-electron chi connectivity index (χ4n) is 1.69. The standard InChI is InChI=1S/C16H19ClN4O/c1-10-5-6-11(20-14-12(17)8-18-9-19-14)7-13(10)21-15(22)16(2,3)4/h5-9H,1-4H3,(H,21,22)(H,18,19,20). The van der Waals surface area contributed by atoms with Crippen LogP contribution in [0.5, 0.6) is 0 Å². The Morgan fingerprint density at radius 3 is 2.64 bits per heavy atom. The second kappa shape index (κ2) is 6.32. The van der Waals surface area contributed by atoms with E-state index in [4.69, 9.17) is 11.6 Å². The molecule has 22 heavy (non-hydrogen) atoms. The predicted octanol–water partition coefficient (Wildman–Crippen LogP) is 4.17. The molecule has 5 nitrogen and oxygen atoms in total. The lowest BCUT2D eigenvalue weighted by Gasteiger charge is -2.19. The highest BCUT2D eigenvalue weighted by Crippen LogP contribution is 2.27. The van der Waals surface area contributed by atoms with Gasteiger partial charge in [-0.15, -0.1) is 0 Å². The third-order valence-corrected chi connectivity index (χ3v) is 3.37. The average Bonchev–Trinajstić information content (AvgIpc) is 2.44. The van der Waals surface area contributed by atoms with E-state index in [0.717, 1.165) is 16.9 Å². The number of nitrogens with one attached hydrogen (secondary N) is 2. The third-order valence-electron chi connectivity index (χ3n) is 3.10. The summed E-state index contributed by atoms with van der Waals surface area (Å²) >= 11 is 6.03. The molecule has 0 aliphatic rings. The maximum Gasteiger partial charge on any atom is 0.229 e. The number of amides is 1. The van der Waals surface area contributed by atoms with Crippen molar-refractivity contribution < 1.29 is 4.79 Å². The average molecular weight is 319 g/mol. The Hall–Kier alpha value is -2.14. The minimum atomic E-state index is -0.453. The van der Waals surface area contributed by atoms with Crippen molar-refractivity contribution in [3.8, 4) is 0 Å². The van der Waals surface area contributed by atoms with E-state index in [0.29, 0.717) is 10.8 Å². The molecule has 0 spiro atoms. The lowest BCUT2D eigenvalue weighted by Crippen LogP contribution is -2.27. The van der Waals surface area contributed by atoms with Crippen molar-refractivity contribution >= 4 is 34.7 Å². The molecule has 1 aromatic carbocycles. The van der Waals surface area contributed by atoms with Crippen molar-refractivity contribution in [3.05, 3.63) is 41.3 Å². The van der Waals surface area contributed by atoms with Gasteiger partial charge in [-0.3, -0.25) is 4.79 Å². The molecule has 1 amide bonds. The first-order valence-electron chi connectivity index (χ1n) is 6.92. The monoisotopic (exact) mass is 318 g/mol. The van der Waals surface area contributed by atoms with E-state index in [1.165, 1.54) is 12.5 Å². The molecule has 6 heteroatoms. The molecule has 2 N–H and O–H groups in total. The van der Waals surface area contributed by atoms with Crippen LogP contribution in [-0.4, -0.2) is 15.9 Å². The Morgan fingerprint density at radius 1 is 1.27 bits per heavy atom. The smallest absolute Gasteiger partial charge is 0.229 e. The van der Waals surface area contributed by atoms with Crippen molar-refractivity contribution in [1.29, 1.82) is 0 Å². The summed E-state index contributed by atoms with van der Waals surface area (Å²) in [6.45, 7) is 7.57. The molecule has 0 radical (unpaired) electrons. The summed E-state index contributed by atoms with van der Waals surface area (Å²) in [6.07, 6.45) is 2.94. The highest BCUT2D eigenvalue weighted by molar-refractivity contribution is 6.32. The number of aromatic nitrogens is 2. The normalized spacial score (nSPS) is 11.1. The number of carbonyl (C=O) groups is 1. The van der Waals surface area contributed by atoms with Crippen LogP contribution in [0, 0.1) is 12.3 Å². The molecule has 0 aliphatic heterocycles. The van der Waals surface area contributed by atoms with Gasteiger partial charge in [0.15, 0.2) is 5.82 Å². The van der Waals surface area contributed by atoms with E-state index in [1.54, 1.807) is 0 Å². The van der Waals surface area contributed by atoms with Crippen LogP contribution in [-0.2, 0) is 4.79 Å². The van der Waals surface area contributed by atoms with Gasteiger partial charge in [-0.2, -0.15) is 0 Å². The van der Waals surface area contributed by atoms with E-state index in [-0.39, 0.29) is 5.91 Å². The Balaban J connectivity index is 2.24. The highest BCUT2D eigenvalue weighted by Gasteiger charge is 2.21. The van der Waals surface area contributed by atoms with Crippen molar-refractivity contribution in [2.24, 2.45) is 5.41 Å². The van der Waals surface area contributed by atoms with Gasteiger partial charge in [0.25, 0.3) is 0 Å². The van der Waals surface area contributed by atoms with Crippen LogP contribution in [0.25, 0.3) is 0 Å². The molecule has 0 unspecified atom stereocenters. The van der Waals surface area contributed by atoms with E-state index < -0.39 is 5.41 Å². The molecule has 116 valence electrons. The van der Waals surface area contributed by atoms with Crippen LogP contribution >= 0.6 is 11.6 Å². The van der Waals surface area contributed by atoms with Crippen LogP contribution in [0.1, 0.15) is 26.3 Å². The van der Waals surface area contributed by atoms with Crippen LogP contribution in [0.2, 0.25) is 5.02 Å². The van der Waals surface area contributed by atoms with Gasteiger partial charge in [-0.05, 0) is 24.6 Å². The number of aryl methyl sites for hydroxylation is 1. The SMILES string of the molecule is Cc1ccc(Nc2ncncc2Cl)cc1NC(=O)C(C)(C)C. The van der Waals surface area contributed by atoms with Crippen LogP contribution in [0.3, 0.4) is 0 Å². The molecule has 0 saturated heterocycles. The zero-order valence-electron chi connectivity index (χ0n) is 13.1. The number of hydrogen-bond acceptors (Lipinski definition) is 4. The van der Waals surface area contributed by atoms with Gasteiger partial charge >= 0.3 is 0 Å². The van der Waals surface area contributed by atoms with Gasteiger partial charge in [-0.25, -0.2) is 9.97 Å². The van der Waals surface area contributed by atoms with Gasteiger partial charge in [0.2, 0.25) is 5.91 Å². The first kappa shape index (κ1) is 16.2. The van der Waals surface area contributed by atoms with Gasteiger partial charge < -0.3 is 10.6 Å². The van der Waals surface area contributed by atoms with E-state index >= 15 is 0 Å². The molecular weight excluding hydrogens is 300 g/mol. The number of rotatable bonds is 3. The number of halogens is 1. The molecule has 0 atom stereocenters. The fourth-order valence-corrected chi connectivity index (χ4v) is 1.84. The first-order valence-corrected chi connectivity index (χ1v) is 7.30.